The van der Waals surface area contributed by atoms with Crippen LogP contribution in [0.1, 0.15) is 25.7 Å². The fraction of sp³-hybridized carbons (Fsp3) is 0.818. The quantitative estimate of drug-likeness (QED) is 0.630. The Labute approximate surface area is 80.7 Å². The van der Waals surface area contributed by atoms with Gasteiger partial charge < -0.3 is 5.32 Å². The zero-order chi connectivity index (χ0) is 9.10. The highest BCUT2D eigenvalue weighted by Crippen LogP contribution is 2.27. The van der Waals surface area contributed by atoms with E-state index in [-0.39, 0.29) is 0 Å². The molecule has 2 unspecified atom stereocenters. The fourth-order valence-corrected chi connectivity index (χ4v) is 2.64. The molecular formula is C11H18N2. The Morgan fingerprint density at radius 1 is 1.31 bits per heavy atom. The highest BCUT2D eigenvalue weighted by atomic mass is 15.2. The molecule has 2 heterocycles. The molecule has 0 aromatic rings. The predicted octanol–water partition coefficient (Wildman–Crippen LogP) is 0.836. The number of hydrogen-bond donors (Lipinski definition) is 1. The smallest absolute Gasteiger partial charge is 0.0224 e. The van der Waals surface area contributed by atoms with Crippen LogP contribution in [0.5, 0.6) is 0 Å². The first-order chi connectivity index (χ1) is 6.42. The first-order valence-electron chi connectivity index (χ1n) is 5.31. The van der Waals surface area contributed by atoms with Crippen LogP contribution in [0.3, 0.4) is 0 Å². The van der Waals surface area contributed by atoms with E-state index >= 15 is 0 Å². The van der Waals surface area contributed by atoms with Gasteiger partial charge in [-0.3, -0.25) is 4.90 Å². The molecule has 2 aliphatic rings. The van der Waals surface area contributed by atoms with Crippen molar-refractivity contribution in [3.05, 3.63) is 0 Å². The number of fused-ring (bicyclic) bond motifs is 2. The second-order valence-corrected chi connectivity index (χ2v) is 4.07. The summed E-state index contributed by atoms with van der Waals surface area (Å²) in [5.41, 5.74) is 0. The molecule has 0 aromatic carbocycles. The lowest BCUT2D eigenvalue weighted by Crippen LogP contribution is -2.38. The third-order valence-electron chi connectivity index (χ3n) is 3.32. The van der Waals surface area contributed by atoms with Crippen molar-refractivity contribution >= 4 is 0 Å². The van der Waals surface area contributed by atoms with Crippen LogP contribution in [0.25, 0.3) is 0 Å². The van der Waals surface area contributed by atoms with Crippen molar-refractivity contribution in [1.82, 2.24) is 10.2 Å². The van der Waals surface area contributed by atoms with Gasteiger partial charge >= 0.3 is 0 Å². The van der Waals surface area contributed by atoms with Crippen LogP contribution in [0, 0.1) is 12.3 Å². The Morgan fingerprint density at radius 2 is 2.15 bits per heavy atom. The van der Waals surface area contributed by atoms with Crippen molar-refractivity contribution in [2.45, 2.75) is 37.8 Å². The van der Waals surface area contributed by atoms with E-state index in [1.807, 2.05) is 0 Å². The van der Waals surface area contributed by atoms with Crippen LogP contribution in [0.2, 0.25) is 0 Å². The summed E-state index contributed by atoms with van der Waals surface area (Å²) in [6, 6.07) is 1.58. The molecule has 13 heavy (non-hydrogen) atoms. The van der Waals surface area contributed by atoms with Crippen molar-refractivity contribution in [3.63, 3.8) is 0 Å². The molecule has 2 aliphatic heterocycles. The summed E-state index contributed by atoms with van der Waals surface area (Å²) in [6.07, 6.45) is 10.3. The van der Waals surface area contributed by atoms with Gasteiger partial charge in [0.15, 0.2) is 0 Å². The van der Waals surface area contributed by atoms with Crippen molar-refractivity contribution in [2.75, 3.05) is 19.6 Å². The monoisotopic (exact) mass is 178 g/mol. The summed E-state index contributed by atoms with van der Waals surface area (Å²) in [4.78, 5) is 2.62. The Balaban J connectivity index is 1.96. The molecular weight excluding hydrogens is 160 g/mol. The van der Waals surface area contributed by atoms with Gasteiger partial charge in [-0.05, 0) is 25.8 Å². The minimum atomic E-state index is 0.765. The van der Waals surface area contributed by atoms with Crippen LogP contribution in [-0.2, 0) is 0 Å². The average Bonchev–Trinajstić information content (AvgIpc) is 2.36. The predicted molar refractivity (Wildman–Crippen MR) is 54.5 cm³/mol. The number of rotatable bonds is 2. The van der Waals surface area contributed by atoms with E-state index in [0.29, 0.717) is 0 Å². The lowest BCUT2D eigenvalue weighted by Gasteiger charge is -2.26. The summed E-state index contributed by atoms with van der Waals surface area (Å²) in [7, 11) is 0. The summed E-state index contributed by atoms with van der Waals surface area (Å²) in [5.74, 6) is 2.74. The fourth-order valence-electron chi connectivity index (χ4n) is 2.64. The Hall–Kier alpha value is -0.520. The third-order valence-corrected chi connectivity index (χ3v) is 3.32. The lowest BCUT2D eigenvalue weighted by atomic mass is 10.1. The molecule has 2 atom stereocenters. The molecule has 2 saturated heterocycles. The number of hydrogen-bond acceptors (Lipinski definition) is 2. The van der Waals surface area contributed by atoms with Crippen molar-refractivity contribution < 1.29 is 0 Å². The minimum Gasteiger partial charge on any atom is -0.315 e. The van der Waals surface area contributed by atoms with E-state index in [1.165, 1.54) is 32.4 Å². The van der Waals surface area contributed by atoms with Gasteiger partial charge in [-0.1, -0.05) is 0 Å². The lowest BCUT2D eigenvalue weighted by molar-refractivity contribution is 0.207. The van der Waals surface area contributed by atoms with Crippen LogP contribution in [0.15, 0.2) is 0 Å². The van der Waals surface area contributed by atoms with E-state index in [0.717, 1.165) is 25.0 Å². The number of nitrogens with zero attached hydrogens (tertiary/aromatic N) is 1. The molecule has 0 aromatic heterocycles. The normalized spacial score (nSPS) is 34.1. The molecule has 2 bridgehead atoms. The Kier molecular flexibility index (Phi) is 2.87. The molecule has 1 N–H and O–H groups in total. The maximum atomic E-state index is 5.30. The maximum absolute atomic E-state index is 5.30. The highest BCUT2D eigenvalue weighted by molar-refractivity contribution is 4.94. The van der Waals surface area contributed by atoms with Gasteiger partial charge in [0, 0.05) is 31.6 Å². The van der Waals surface area contributed by atoms with Crippen LogP contribution < -0.4 is 5.32 Å². The standard InChI is InChI=1S/C11H18N2/c1-2-3-8-13-10-4-5-11(13)9-12-7-6-10/h1,10-12H,3-9H2. The topological polar surface area (TPSA) is 15.3 Å². The van der Waals surface area contributed by atoms with Crippen LogP contribution in [0.4, 0.5) is 0 Å². The molecule has 2 heteroatoms. The molecule has 2 fully saturated rings. The molecule has 2 nitrogen and oxygen atoms in total. The molecule has 0 radical (unpaired) electrons. The molecule has 0 amide bonds. The van der Waals surface area contributed by atoms with Crippen molar-refractivity contribution in [2.24, 2.45) is 0 Å². The summed E-state index contributed by atoms with van der Waals surface area (Å²) >= 11 is 0. The molecule has 2 rings (SSSR count). The Bertz CT molecular complexity index is 193. The van der Waals surface area contributed by atoms with E-state index in [2.05, 4.69) is 16.1 Å². The van der Waals surface area contributed by atoms with Gasteiger partial charge in [0.25, 0.3) is 0 Å². The van der Waals surface area contributed by atoms with E-state index in [4.69, 9.17) is 6.42 Å². The SMILES string of the molecule is C#CCCN1C2CCNCC1CC2. The first-order valence-corrected chi connectivity index (χ1v) is 5.31. The summed E-state index contributed by atoms with van der Waals surface area (Å²) in [5, 5.41) is 3.49. The zero-order valence-electron chi connectivity index (χ0n) is 8.13. The van der Waals surface area contributed by atoms with Gasteiger partial charge in [-0.15, -0.1) is 12.3 Å². The zero-order valence-corrected chi connectivity index (χ0v) is 8.13. The molecule has 0 saturated carbocycles. The number of terminal acetylenes is 1. The largest absolute Gasteiger partial charge is 0.315 e. The number of nitrogens with one attached hydrogen (secondary N) is 1. The average molecular weight is 178 g/mol. The summed E-state index contributed by atoms with van der Waals surface area (Å²) < 4.78 is 0. The second kappa shape index (κ2) is 4.13. The van der Waals surface area contributed by atoms with Crippen molar-refractivity contribution in [1.29, 1.82) is 0 Å². The van der Waals surface area contributed by atoms with Gasteiger partial charge in [0.2, 0.25) is 0 Å². The van der Waals surface area contributed by atoms with Crippen LogP contribution in [-0.4, -0.2) is 36.6 Å². The Morgan fingerprint density at radius 3 is 3.00 bits per heavy atom. The molecule has 0 spiro atoms. The van der Waals surface area contributed by atoms with E-state index in [9.17, 15) is 0 Å². The van der Waals surface area contributed by atoms with Gasteiger partial charge in [0.05, 0.1) is 0 Å². The second-order valence-electron chi connectivity index (χ2n) is 4.07. The third kappa shape index (κ3) is 1.87. The van der Waals surface area contributed by atoms with Gasteiger partial charge in [-0.25, -0.2) is 0 Å². The van der Waals surface area contributed by atoms with Gasteiger partial charge in [-0.2, -0.15) is 0 Å². The van der Waals surface area contributed by atoms with E-state index in [1.54, 1.807) is 0 Å². The molecule has 0 aliphatic carbocycles. The minimum absolute atomic E-state index is 0.765. The van der Waals surface area contributed by atoms with Crippen molar-refractivity contribution in [3.8, 4) is 12.3 Å². The first kappa shape index (κ1) is 9.05. The van der Waals surface area contributed by atoms with Gasteiger partial charge in [0.1, 0.15) is 0 Å². The maximum Gasteiger partial charge on any atom is 0.0224 e. The van der Waals surface area contributed by atoms with E-state index < -0.39 is 0 Å². The molecule has 72 valence electrons. The van der Waals surface area contributed by atoms with Crippen LogP contribution >= 0.6 is 0 Å². The summed E-state index contributed by atoms with van der Waals surface area (Å²) in [6.45, 7) is 3.46. The highest BCUT2D eigenvalue weighted by Gasteiger charge is 2.33.